The summed E-state index contributed by atoms with van der Waals surface area (Å²) in [5.74, 6) is -5.46. The van der Waals surface area contributed by atoms with E-state index in [2.05, 4.69) is 0 Å². The van der Waals surface area contributed by atoms with Gasteiger partial charge in [-0.25, -0.2) is 13.6 Å². The first-order valence-electron chi connectivity index (χ1n) is 7.79. The van der Waals surface area contributed by atoms with Crippen LogP contribution in [-0.2, 0) is 4.79 Å². The van der Waals surface area contributed by atoms with Crippen molar-refractivity contribution < 1.29 is 36.6 Å². The number of hydrogen-bond acceptors (Lipinski definition) is 2. The highest BCUT2D eigenvalue weighted by atomic mass is 19.4. The van der Waals surface area contributed by atoms with Crippen LogP contribution in [-0.4, -0.2) is 41.3 Å². The molecule has 1 aromatic rings. The minimum Gasteiger partial charge on any atom is -0.481 e. The molecule has 0 aliphatic carbocycles. The number of nitrogens with zero attached hydrogens (tertiary/aromatic N) is 1. The number of rotatable bonds is 3. The van der Waals surface area contributed by atoms with Gasteiger partial charge in [-0.2, -0.15) is 13.2 Å². The van der Waals surface area contributed by atoms with E-state index in [9.17, 15) is 31.5 Å². The number of aliphatic carboxylic acids is 1. The van der Waals surface area contributed by atoms with Crippen LogP contribution < -0.4 is 5.32 Å². The zero-order valence-corrected chi connectivity index (χ0v) is 13.7. The number of hydrogen-bond donors (Lipinski definition) is 2. The van der Waals surface area contributed by atoms with Crippen LogP contribution in [0.15, 0.2) is 18.2 Å². The lowest BCUT2D eigenvalue weighted by Gasteiger charge is -2.36. The van der Waals surface area contributed by atoms with Crippen molar-refractivity contribution in [3.05, 3.63) is 35.4 Å². The van der Waals surface area contributed by atoms with Crippen molar-refractivity contribution in [1.82, 2.24) is 10.2 Å². The second-order valence-electron chi connectivity index (χ2n) is 6.35. The number of carboxylic acids is 1. The largest absolute Gasteiger partial charge is 0.481 e. The van der Waals surface area contributed by atoms with Gasteiger partial charge >= 0.3 is 18.2 Å². The second kappa shape index (κ2) is 7.46. The standard InChI is InChI=1S/C16H17F5N2O3/c1-8-5-9(14(24)25)7-23(6-8)15(26)22-13(16(19,20)21)10-3-2-4-11(17)12(10)18/h2-4,8-9,13H,5-7H2,1H3,(H,22,26)(H,24,25). The number of nitrogens with one attached hydrogen (secondary N) is 1. The molecule has 5 nitrogen and oxygen atoms in total. The van der Waals surface area contributed by atoms with Gasteiger partial charge in [-0.3, -0.25) is 4.79 Å². The number of amides is 2. The Morgan fingerprint density at radius 3 is 2.50 bits per heavy atom. The summed E-state index contributed by atoms with van der Waals surface area (Å²) >= 11 is 0. The van der Waals surface area contributed by atoms with Gasteiger partial charge in [-0.1, -0.05) is 19.1 Å². The zero-order chi connectivity index (χ0) is 19.6. The number of alkyl halides is 3. The summed E-state index contributed by atoms with van der Waals surface area (Å²) in [5, 5.41) is 10.7. The van der Waals surface area contributed by atoms with Crippen LogP contribution in [0.25, 0.3) is 0 Å². The molecule has 1 fully saturated rings. The molecule has 0 bridgehead atoms. The third-order valence-electron chi connectivity index (χ3n) is 4.18. The summed E-state index contributed by atoms with van der Waals surface area (Å²) in [6.07, 6.45) is -4.78. The lowest BCUT2D eigenvalue weighted by atomic mass is 9.91. The average molecular weight is 380 g/mol. The van der Waals surface area contributed by atoms with E-state index in [1.54, 1.807) is 12.2 Å². The molecule has 144 valence electrons. The van der Waals surface area contributed by atoms with E-state index < -0.39 is 47.3 Å². The molecule has 0 aromatic heterocycles. The van der Waals surface area contributed by atoms with E-state index in [-0.39, 0.29) is 19.0 Å². The van der Waals surface area contributed by atoms with Crippen molar-refractivity contribution in [3.63, 3.8) is 0 Å². The molecule has 26 heavy (non-hydrogen) atoms. The number of carbonyl (C=O) groups excluding carboxylic acids is 1. The van der Waals surface area contributed by atoms with Crippen LogP contribution in [0.5, 0.6) is 0 Å². The van der Waals surface area contributed by atoms with Crippen molar-refractivity contribution in [2.75, 3.05) is 13.1 Å². The zero-order valence-electron chi connectivity index (χ0n) is 13.7. The van der Waals surface area contributed by atoms with Gasteiger partial charge in [0.15, 0.2) is 17.7 Å². The number of likely N-dealkylation sites (tertiary alicyclic amines) is 1. The number of carboxylic acid groups (broad SMARTS) is 1. The second-order valence-corrected chi connectivity index (χ2v) is 6.35. The van der Waals surface area contributed by atoms with Crippen molar-refractivity contribution in [1.29, 1.82) is 0 Å². The summed E-state index contributed by atoms with van der Waals surface area (Å²) in [6.45, 7) is 1.47. The van der Waals surface area contributed by atoms with Gasteiger partial charge in [0.05, 0.1) is 5.92 Å². The maximum Gasteiger partial charge on any atom is 0.413 e. The highest BCUT2D eigenvalue weighted by molar-refractivity contribution is 5.77. The Morgan fingerprint density at radius 1 is 1.27 bits per heavy atom. The highest BCUT2D eigenvalue weighted by Crippen LogP contribution is 2.35. The minimum atomic E-state index is -5.07. The van der Waals surface area contributed by atoms with E-state index in [1.165, 1.54) is 0 Å². The number of piperidine rings is 1. The van der Waals surface area contributed by atoms with Crippen LogP contribution in [0.1, 0.15) is 24.9 Å². The molecule has 1 heterocycles. The van der Waals surface area contributed by atoms with Crippen LogP contribution in [0.2, 0.25) is 0 Å². The van der Waals surface area contributed by atoms with E-state index in [0.29, 0.717) is 12.5 Å². The Balaban J connectivity index is 2.24. The first-order valence-corrected chi connectivity index (χ1v) is 7.79. The Hall–Kier alpha value is -2.39. The fourth-order valence-corrected chi connectivity index (χ4v) is 2.99. The van der Waals surface area contributed by atoms with E-state index >= 15 is 0 Å². The molecule has 0 radical (unpaired) electrons. The monoisotopic (exact) mass is 380 g/mol. The molecule has 2 rings (SSSR count). The number of halogens is 5. The minimum absolute atomic E-state index is 0.0613. The Kier molecular flexibility index (Phi) is 5.72. The quantitative estimate of drug-likeness (QED) is 0.791. The third-order valence-corrected chi connectivity index (χ3v) is 4.18. The normalized spacial score (nSPS) is 22.0. The van der Waals surface area contributed by atoms with Gasteiger partial charge in [0.2, 0.25) is 0 Å². The smallest absolute Gasteiger partial charge is 0.413 e. The van der Waals surface area contributed by atoms with Gasteiger partial charge in [0, 0.05) is 18.7 Å². The number of urea groups is 1. The summed E-state index contributed by atoms with van der Waals surface area (Å²) in [4.78, 5) is 24.3. The molecule has 3 unspecified atom stereocenters. The Bertz CT molecular complexity index is 695. The first-order chi connectivity index (χ1) is 12.0. The number of benzene rings is 1. The topological polar surface area (TPSA) is 69.6 Å². The molecule has 1 saturated heterocycles. The molecule has 2 N–H and O–H groups in total. The van der Waals surface area contributed by atoms with E-state index in [4.69, 9.17) is 5.11 Å². The van der Waals surface area contributed by atoms with Gasteiger partial charge in [0.1, 0.15) is 0 Å². The van der Waals surface area contributed by atoms with Gasteiger partial charge < -0.3 is 15.3 Å². The Labute approximate surface area is 145 Å². The summed E-state index contributed by atoms with van der Waals surface area (Å²) < 4.78 is 67.0. The lowest BCUT2D eigenvalue weighted by Crippen LogP contribution is -2.52. The van der Waals surface area contributed by atoms with Crippen LogP contribution in [0, 0.1) is 23.5 Å². The third kappa shape index (κ3) is 4.41. The van der Waals surface area contributed by atoms with E-state index in [1.807, 2.05) is 0 Å². The molecule has 3 atom stereocenters. The SMILES string of the molecule is CC1CC(C(=O)O)CN(C(=O)NC(c2cccc(F)c2F)C(F)(F)F)C1. The molecule has 1 aliphatic heterocycles. The average Bonchev–Trinajstić information content (AvgIpc) is 2.53. The fraction of sp³-hybridized carbons (Fsp3) is 0.500. The maximum atomic E-state index is 13.8. The maximum absolute atomic E-state index is 13.8. The summed E-state index contributed by atoms with van der Waals surface area (Å²) in [6, 6.07) is -1.64. The molecule has 1 aromatic carbocycles. The van der Waals surface area contributed by atoms with Crippen LogP contribution >= 0.6 is 0 Å². The van der Waals surface area contributed by atoms with Gasteiger partial charge in [0.25, 0.3) is 0 Å². The van der Waals surface area contributed by atoms with Crippen LogP contribution in [0.4, 0.5) is 26.7 Å². The summed E-state index contributed by atoms with van der Waals surface area (Å²) in [5.41, 5.74) is -1.05. The molecule has 1 aliphatic rings. The predicted molar refractivity (Wildman–Crippen MR) is 80.2 cm³/mol. The molecule has 10 heteroatoms. The van der Waals surface area contributed by atoms with Gasteiger partial charge in [-0.05, 0) is 18.4 Å². The fourth-order valence-electron chi connectivity index (χ4n) is 2.99. The van der Waals surface area contributed by atoms with Gasteiger partial charge in [-0.15, -0.1) is 0 Å². The molecule has 2 amide bonds. The summed E-state index contributed by atoms with van der Waals surface area (Å²) in [7, 11) is 0. The lowest BCUT2D eigenvalue weighted by molar-refractivity contribution is -0.156. The van der Waals surface area contributed by atoms with Crippen molar-refractivity contribution in [3.8, 4) is 0 Å². The molecule has 0 saturated carbocycles. The first kappa shape index (κ1) is 19.9. The number of carbonyl (C=O) groups is 2. The predicted octanol–water partition coefficient (Wildman–Crippen LogP) is 3.32. The molecule has 0 spiro atoms. The Morgan fingerprint density at radius 2 is 1.92 bits per heavy atom. The van der Waals surface area contributed by atoms with Crippen LogP contribution in [0.3, 0.4) is 0 Å². The molecular weight excluding hydrogens is 363 g/mol. The van der Waals surface area contributed by atoms with Crippen molar-refractivity contribution in [2.45, 2.75) is 25.6 Å². The van der Waals surface area contributed by atoms with E-state index in [0.717, 1.165) is 17.0 Å². The van der Waals surface area contributed by atoms with Crippen molar-refractivity contribution >= 4 is 12.0 Å². The highest BCUT2D eigenvalue weighted by Gasteiger charge is 2.45. The van der Waals surface area contributed by atoms with Crippen molar-refractivity contribution in [2.24, 2.45) is 11.8 Å². The molecular formula is C16H17F5N2O3.